The molecule has 1 aromatic rings. The second-order valence-electron chi connectivity index (χ2n) is 10.8. The Morgan fingerprint density at radius 1 is 0.857 bits per heavy atom. The number of hydrogen-bond acceptors (Lipinski definition) is 3. The highest BCUT2D eigenvalue weighted by atomic mass is 19.1. The van der Waals surface area contributed by atoms with Crippen LogP contribution < -0.4 is 9.47 Å². The first-order chi connectivity index (χ1) is 17.1. The van der Waals surface area contributed by atoms with E-state index in [4.69, 9.17) is 14.2 Å². The van der Waals surface area contributed by atoms with Crippen LogP contribution in [0.1, 0.15) is 104 Å². The molecule has 0 amide bonds. The van der Waals surface area contributed by atoms with E-state index in [2.05, 4.69) is 6.92 Å². The summed E-state index contributed by atoms with van der Waals surface area (Å²) < 4.78 is 46.1. The molecular formula is C30H48F2O3. The molecule has 5 heteroatoms. The number of unbranched alkanes of at least 4 members (excludes halogenated alkanes) is 2. The molecule has 0 aromatic heterocycles. The molecule has 2 aliphatic carbocycles. The molecule has 0 N–H and O–H groups in total. The van der Waals surface area contributed by atoms with Crippen LogP contribution in [0.3, 0.4) is 0 Å². The van der Waals surface area contributed by atoms with Crippen LogP contribution in [-0.2, 0) is 4.74 Å². The van der Waals surface area contributed by atoms with Gasteiger partial charge in [-0.3, -0.25) is 0 Å². The fraction of sp³-hybridized carbons (Fsp3) is 0.800. The smallest absolute Gasteiger partial charge is 0.168 e. The molecule has 3 rings (SSSR count). The maximum atomic E-state index is 14.8. The van der Waals surface area contributed by atoms with Crippen LogP contribution >= 0.6 is 0 Å². The predicted octanol–water partition coefficient (Wildman–Crippen LogP) is 8.68. The maximum Gasteiger partial charge on any atom is 0.168 e. The van der Waals surface area contributed by atoms with Crippen LogP contribution in [0.15, 0.2) is 18.2 Å². The number of halogens is 2. The third-order valence-corrected chi connectivity index (χ3v) is 8.01. The van der Waals surface area contributed by atoms with Crippen molar-refractivity contribution in [3.05, 3.63) is 24.0 Å². The van der Waals surface area contributed by atoms with E-state index < -0.39 is 12.0 Å². The summed E-state index contributed by atoms with van der Waals surface area (Å²) in [4.78, 5) is 0. The van der Waals surface area contributed by atoms with Crippen LogP contribution in [0.25, 0.3) is 0 Å². The van der Waals surface area contributed by atoms with Gasteiger partial charge in [0, 0.05) is 19.1 Å². The van der Waals surface area contributed by atoms with Gasteiger partial charge >= 0.3 is 0 Å². The van der Waals surface area contributed by atoms with Crippen LogP contribution in [0, 0.1) is 23.6 Å². The van der Waals surface area contributed by atoms with Gasteiger partial charge in [-0.2, -0.15) is 0 Å². The van der Waals surface area contributed by atoms with Crippen LogP contribution in [-0.4, -0.2) is 32.1 Å². The van der Waals surface area contributed by atoms with Crippen molar-refractivity contribution in [2.75, 3.05) is 19.8 Å². The van der Waals surface area contributed by atoms with Gasteiger partial charge in [0.05, 0.1) is 19.3 Å². The van der Waals surface area contributed by atoms with E-state index in [0.717, 1.165) is 50.5 Å². The fourth-order valence-electron chi connectivity index (χ4n) is 5.68. The van der Waals surface area contributed by atoms with Gasteiger partial charge in [0.15, 0.2) is 11.6 Å². The summed E-state index contributed by atoms with van der Waals surface area (Å²) in [6.45, 7) is 5.88. The van der Waals surface area contributed by atoms with E-state index in [1.165, 1.54) is 57.4 Å². The zero-order valence-electron chi connectivity index (χ0n) is 22.1. The first kappa shape index (κ1) is 28.2. The van der Waals surface area contributed by atoms with Gasteiger partial charge in [-0.05, 0) is 74.8 Å². The molecule has 1 atom stereocenters. The number of alkyl halides is 1. The standard InChI is InChI=1S/C30H48F2O3/c1-3-5-6-7-23-8-10-24(11-9-23)22-35-26-14-12-25(13-15-26)28(31)18-20-33-27-16-17-30(29(32)21-27)34-19-4-2/h16-17,21,23-26,28H,3-15,18-20,22H2,1-2H3. The van der Waals surface area contributed by atoms with Gasteiger partial charge in [-0.15, -0.1) is 0 Å². The summed E-state index contributed by atoms with van der Waals surface area (Å²) in [6.07, 6.45) is 15.2. The number of hydrogen-bond donors (Lipinski definition) is 0. The topological polar surface area (TPSA) is 27.7 Å². The average Bonchev–Trinajstić information content (AvgIpc) is 2.88. The molecule has 0 saturated heterocycles. The Bertz CT molecular complexity index is 697. The minimum absolute atomic E-state index is 0.0820. The van der Waals surface area contributed by atoms with Crippen LogP contribution in [0.5, 0.6) is 11.5 Å². The SMILES string of the molecule is CCCCCC1CCC(COC2CCC(C(F)CCOc3ccc(OCCC)c(F)c3)CC2)CC1. The van der Waals surface area contributed by atoms with Crippen LogP contribution in [0.2, 0.25) is 0 Å². The summed E-state index contributed by atoms with van der Waals surface area (Å²) in [7, 11) is 0. The van der Waals surface area contributed by atoms with Crippen molar-refractivity contribution < 1.29 is 23.0 Å². The van der Waals surface area contributed by atoms with Crippen molar-refractivity contribution in [1.82, 2.24) is 0 Å². The Labute approximate surface area is 212 Å². The highest BCUT2D eigenvalue weighted by molar-refractivity contribution is 5.33. The van der Waals surface area contributed by atoms with Crippen molar-refractivity contribution in [3.63, 3.8) is 0 Å². The third kappa shape index (κ3) is 9.90. The number of benzene rings is 1. The van der Waals surface area contributed by atoms with Gasteiger partial charge in [-0.25, -0.2) is 8.78 Å². The molecule has 0 radical (unpaired) electrons. The van der Waals surface area contributed by atoms with Crippen molar-refractivity contribution in [2.45, 2.75) is 116 Å². The molecule has 35 heavy (non-hydrogen) atoms. The molecule has 2 aliphatic rings. The lowest BCUT2D eigenvalue weighted by atomic mass is 9.80. The Kier molecular flexibility index (Phi) is 12.6. The zero-order valence-corrected chi connectivity index (χ0v) is 22.1. The summed E-state index contributed by atoms with van der Waals surface area (Å²) in [5, 5.41) is 0. The maximum absolute atomic E-state index is 14.8. The second kappa shape index (κ2) is 15.7. The molecule has 0 spiro atoms. The van der Waals surface area contributed by atoms with Crippen molar-refractivity contribution >= 4 is 0 Å². The monoisotopic (exact) mass is 494 g/mol. The Morgan fingerprint density at radius 3 is 2.29 bits per heavy atom. The van der Waals surface area contributed by atoms with Gasteiger partial charge in [0.2, 0.25) is 0 Å². The van der Waals surface area contributed by atoms with Crippen molar-refractivity contribution in [1.29, 1.82) is 0 Å². The van der Waals surface area contributed by atoms with Gasteiger partial charge in [0.25, 0.3) is 0 Å². The van der Waals surface area contributed by atoms with E-state index >= 15 is 0 Å². The Balaban J connectivity index is 1.26. The van der Waals surface area contributed by atoms with E-state index in [1.54, 1.807) is 12.1 Å². The molecule has 2 saturated carbocycles. The van der Waals surface area contributed by atoms with Gasteiger partial charge in [-0.1, -0.05) is 52.4 Å². The summed E-state index contributed by atoms with van der Waals surface area (Å²) >= 11 is 0. The average molecular weight is 495 g/mol. The summed E-state index contributed by atoms with van der Waals surface area (Å²) in [5.74, 6) is 1.96. The molecule has 0 bridgehead atoms. The second-order valence-corrected chi connectivity index (χ2v) is 10.8. The van der Waals surface area contributed by atoms with Crippen molar-refractivity contribution in [2.24, 2.45) is 17.8 Å². The number of rotatable bonds is 15. The van der Waals surface area contributed by atoms with Gasteiger partial charge in [0.1, 0.15) is 11.9 Å². The Morgan fingerprint density at radius 2 is 1.60 bits per heavy atom. The minimum atomic E-state index is -0.879. The third-order valence-electron chi connectivity index (χ3n) is 8.01. The molecule has 2 fully saturated rings. The van der Waals surface area contributed by atoms with Crippen molar-refractivity contribution in [3.8, 4) is 11.5 Å². The fourth-order valence-corrected chi connectivity index (χ4v) is 5.68. The normalized spacial score (nSPS) is 25.8. The molecular weight excluding hydrogens is 446 g/mol. The first-order valence-electron chi connectivity index (χ1n) is 14.4. The predicted molar refractivity (Wildman–Crippen MR) is 138 cm³/mol. The lowest BCUT2D eigenvalue weighted by molar-refractivity contribution is -0.0177. The molecule has 0 aliphatic heterocycles. The van der Waals surface area contributed by atoms with E-state index in [-0.39, 0.29) is 18.3 Å². The van der Waals surface area contributed by atoms with Gasteiger partial charge < -0.3 is 14.2 Å². The quantitative estimate of drug-likeness (QED) is 0.228. The van der Waals surface area contributed by atoms with E-state index in [1.807, 2.05) is 6.92 Å². The molecule has 1 aromatic carbocycles. The minimum Gasteiger partial charge on any atom is -0.493 e. The summed E-state index contributed by atoms with van der Waals surface area (Å²) in [5.41, 5.74) is 0. The van der Waals surface area contributed by atoms with Crippen LogP contribution in [0.4, 0.5) is 8.78 Å². The molecule has 3 nitrogen and oxygen atoms in total. The van der Waals surface area contributed by atoms with E-state index in [0.29, 0.717) is 24.9 Å². The largest absolute Gasteiger partial charge is 0.493 e. The zero-order chi connectivity index (χ0) is 24.9. The highest BCUT2D eigenvalue weighted by Crippen LogP contribution is 2.35. The lowest BCUT2D eigenvalue weighted by Gasteiger charge is -2.33. The highest BCUT2D eigenvalue weighted by Gasteiger charge is 2.29. The molecule has 200 valence electrons. The summed E-state index contributed by atoms with van der Waals surface area (Å²) in [6, 6.07) is 4.58. The molecule has 1 unspecified atom stereocenters. The first-order valence-corrected chi connectivity index (χ1v) is 14.4. The number of ether oxygens (including phenoxy) is 3. The Hall–Kier alpha value is -1.36. The molecule has 0 heterocycles. The van der Waals surface area contributed by atoms with E-state index in [9.17, 15) is 8.78 Å². The lowest BCUT2D eigenvalue weighted by Crippen LogP contribution is -2.29.